The smallest absolute Gasteiger partial charge is 0.659 e. The summed E-state index contributed by atoms with van der Waals surface area (Å²) >= 11 is 0. The van der Waals surface area contributed by atoms with Crippen LogP contribution in [0.5, 0.6) is 0 Å². The van der Waals surface area contributed by atoms with Crippen LogP contribution in [-0.2, 0) is 21.4 Å². The maximum Gasteiger partial charge on any atom is 2.00 e. The maximum absolute atomic E-state index is 8.83. The van der Waals surface area contributed by atoms with Gasteiger partial charge in [0.2, 0.25) is 0 Å². The van der Waals surface area contributed by atoms with E-state index in [1.54, 1.807) is 0 Å². The molecule has 0 aromatic rings. The molecule has 0 aliphatic rings. The van der Waals surface area contributed by atoms with E-state index in [1.807, 2.05) is 0 Å². The summed E-state index contributed by atoms with van der Waals surface area (Å²) in [7, 11) is 0. The zero-order chi connectivity index (χ0) is 4.28. The second-order valence-electron chi connectivity index (χ2n) is 0.349. The summed E-state index contributed by atoms with van der Waals surface area (Å²) < 4.78 is 0. The normalized spacial score (nSPS) is 5.50. The molecule has 38 valence electrons. The van der Waals surface area contributed by atoms with Gasteiger partial charge in [0.1, 0.15) is 0 Å². The van der Waals surface area contributed by atoms with Crippen LogP contribution < -0.4 is 5.26 Å². The maximum atomic E-state index is 8.83. The molecule has 0 unspecified atom stereocenters. The minimum Gasteiger partial charge on any atom is -0.659 e. The van der Waals surface area contributed by atoms with E-state index in [0.717, 1.165) is 0 Å². The molecule has 0 bridgehead atoms. The zero-order valence-electron chi connectivity index (χ0n) is 2.49. The molecule has 0 atom stereocenters. The molecule has 0 fully saturated rings. The standard InChI is InChI=1S/CH2O4.Ni/c2-1(3)5-4;/h4H,(H,2,3);/q;+2/p-1. The third-order valence-corrected chi connectivity index (χ3v) is 0.0713. The SMILES string of the molecule is O=C(O)O[O-].[Ni+2]. The van der Waals surface area contributed by atoms with Gasteiger partial charge in [0.25, 0.3) is 0 Å². The Morgan fingerprint density at radius 2 is 2.00 bits per heavy atom. The Labute approximate surface area is 43.6 Å². The van der Waals surface area contributed by atoms with Crippen molar-refractivity contribution in [3.05, 3.63) is 0 Å². The second kappa shape index (κ2) is 4.72. The Morgan fingerprint density at radius 1 is 1.83 bits per heavy atom. The molecule has 5 heteroatoms. The van der Waals surface area contributed by atoms with Crippen molar-refractivity contribution in [1.29, 1.82) is 0 Å². The monoisotopic (exact) mass is 135 g/mol. The number of hydrogen-bond donors (Lipinski definition) is 1. The van der Waals surface area contributed by atoms with Crippen LogP contribution >= 0.6 is 0 Å². The van der Waals surface area contributed by atoms with Crippen LogP contribution in [0.15, 0.2) is 0 Å². The summed E-state index contributed by atoms with van der Waals surface area (Å²) in [5, 5.41) is 15.7. The molecule has 0 heterocycles. The number of carboxylic acid groups (broad SMARTS) is 1. The van der Waals surface area contributed by atoms with E-state index in [0.29, 0.717) is 0 Å². The van der Waals surface area contributed by atoms with E-state index in [2.05, 4.69) is 4.89 Å². The first kappa shape index (κ1) is 9.21. The summed E-state index contributed by atoms with van der Waals surface area (Å²) in [6, 6.07) is 0. The second-order valence-corrected chi connectivity index (χ2v) is 0.349. The quantitative estimate of drug-likeness (QED) is 0.262. The van der Waals surface area contributed by atoms with Gasteiger partial charge in [-0.05, 0) is 0 Å². The minimum absolute atomic E-state index is 0. The Morgan fingerprint density at radius 3 is 2.00 bits per heavy atom. The van der Waals surface area contributed by atoms with Crippen molar-refractivity contribution < 1.29 is 36.5 Å². The molecular formula is CHNiO4+. The molecule has 0 saturated heterocycles. The fourth-order valence-electron chi connectivity index (χ4n) is 0. The number of carbonyl (C=O) groups is 1. The van der Waals surface area contributed by atoms with Crippen LogP contribution in [0.25, 0.3) is 0 Å². The van der Waals surface area contributed by atoms with E-state index in [-0.39, 0.29) is 16.5 Å². The van der Waals surface area contributed by atoms with Crippen molar-refractivity contribution in [2.75, 3.05) is 0 Å². The Kier molecular flexibility index (Phi) is 7.25. The summed E-state index contributed by atoms with van der Waals surface area (Å²) in [6.07, 6.45) is -1.80. The van der Waals surface area contributed by atoms with Crippen LogP contribution in [-0.4, -0.2) is 11.3 Å². The summed E-state index contributed by atoms with van der Waals surface area (Å²) in [5.41, 5.74) is 0. The molecule has 0 spiro atoms. The fraction of sp³-hybridized carbons (Fsp3) is 0. The third-order valence-electron chi connectivity index (χ3n) is 0.0713. The fourth-order valence-corrected chi connectivity index (χ4v) is 0. The molecule has 0 rings (SSSR count). The molecule has 1 N–H and O–H groups in total. The topological polar surface area (TPSA) is 69.6 Å². The molecule has 0 radical (unpaired) electrons. The minimum atomic E-state index is -1.80. The molecule has 0 saturated carbocycles. The van der Waals surface area contributed by atoms with Crippen LogP contribution in [0, 0.1) is 0 Å². The first-order chi connectivity index (χ1) is 2.27. The number of hydrogen-bond acceptors (Lipinski definition) is 3. The van der Waals surface area contributed by atoms with Crippen LogP contribution in [0.3, 0.4) is 0 Å². The average molecular weight is 136 g/mol. The number of rotatable bonds is 0. The van der Waals surface area contributed by atoms with Crippen molar-refractivity contribution in [2.24, 2.45) is 0 Å². The predicted molar refractivity (Wildman–Crippen MR) is 9.11 cm³/mol. The van der Waals surface area contributed by atoms with Gasteiger partial charge in [0.05, 0.1) is 0 Å². The van der Waals surface area contributed by atoms with Gasteiger partial charge in [0.15, 0.2) is 0 Å². The summed E-state index contributed by atoms with van der Waals surface area (Å²) in [4.78, 5) is 11.2. The first-order valence-electron chi connectivity index (χ1n) is 0.799. The van der Waals surface area contributed by atoms with E-state index in [4.69, 9.17) is 15.2 Å². The Bertz CT molecular complexity index is 42.8. The molecule has 4 nitrogen and oxygen atoms in total. The van der Waals surface area contributed by atoms with Crippen molar-refractivity contribution in [3.63, 3.8) is 0 Å². The van der Waals surface area contributed by atoms with Gasteiger partial charge < -0.3 is 15.3 Å². The summed E-state index contributed by atoms with van der Waals surface area (Å²) in [6.45, 7) is 0. The van der Waals surface area contributed by atoms with Gasteiger partial charge >= 0.3 is 22.6 Å². The molecule has 0 amide bonds. The van der Waals surface area contributed by atoms with Gasteiger partial charge in [-0.25, -0.2) is 4.79 Å². The van der Waals surface area contributed by atoms with E-state index in [1.165, 1.54) is 0 Å². The Hall–Kier alpha value is -0.276. The van der Waals surface area contributed by atoms with E-state index < -0.39 is 6.16 Å². The van der Waals surface area contributed by atoms with Crippen LogP contribution in [0.2, 0.25) is 0 Å². The van der Waals surface area contributed by atoms with Gasteiger partial charge in [-0.15, -0.1) is 0 Å². The molecule has 0 aromatic carbocycles. The van der Waals surface area contributed by atoms with Crippen molar-refractivity contribution >= 4 is 6.16 Å². The van der Waals surface area contributed by atoms with Gasteiger partial charge in [0, 0.05) is 0 Å². The van der Waals surface area contributed by atoms with Crippen LogP contribution in [0.1, 0.15) is 0 Å². The zero-order valence-corrected chi connectivity index (χ0v) is 3.48. The first-order valence-corrected chi connectivity index (χ1v) is 0.799. The summed E-state index contributed by atoms with van der Waals surface area (Å²) in [5.74, 6) is 0. The van der Waals surface area contributed by atoms with Gasteiger partial charge in [-0.2, -0.15) is 0 Å². The van der Waals surface area contributed by atoms with E-state index in [9.17, 15) is 0 Å². The van der Waals surface area contributed by atoms with E-state index >= 15 is 0 Å². The Balaban J connectivity index is 0. The van der Waals surface area contributed by atoms with Crippen molar-refractivity contribution in [2.45, 2.75) is 0 Å². The molecule has 6 heavy (non-hydrogen) atoms. The van der Waals surface area contributed by atoms with Crippen molar-refractivity contribution in [1.82, 2.24) is 0 Å². The molecule has 0 aromatic heterocycles. The van der Waals surface area contributed by atoms with Gasteiger partial charge in [-0.1, -0.05) is 0 Å². The predicted octanol–water partition coefficient (Wildman–Crippen LogP) is -1.05. The molecule has 0 aliphatic heterocycles. The van der Waals surface area contributed by atoms with Gasteiger partial charge in [-0.3, -0.25) is 0 Å². The molecule has 0 aliphatic carbocycles. The average Bonchev–Trinajstić information content (AvgIpc) is 1.38. The van der Waals surface area contributed by atoms with Crippen molar-refractivity contribution in [3.8, 4) is 0 Å². The van der Waals surface area contributed by atoms with Crippen LogP contribution in [0.4, 0.5) is 4.79 Å². The molecular weight excluding hydrogens is 135 g/mol. The third kappa shape index (κ3) is 9.30. The largest absolute Gasteiger partial charge is 2.00 e.